The van der Waals surface area contributed by atoms with Gasteiger partial charge < -0.3 is 0 Å². The van der Waals surface area contributed by atoms with Crippen molar-refractivity contribution >= 4 is 15.6 Å². The quantitative estimate of drug-likeness (QED) is 0.787. The van der Waals surface area contributed by atoms with E-state index < -0.39 is 15.7 Å². The lowest BCUT2D eigenvalue weighted by Crippen LogP contribution is -2.08. The number of sulfone groups is 1. The van der Waals surface area contributed by atoms with Crippen LogP contribution in [-0.4, -0.2) is 20.5 Å². The van der Waals surface area contributed by atoms with Crippen molar-refractivity contribution in [1.82, 2.24) is 0 Å². The van der Waals surface area contributed by atoms with Crippen LogP contribution in [0.15, 0.2) is 23.1 Å². The summed E-state index contributed by atoms with van der Waals surface area (Å²) in [6.45, 7) is 1.29. The first-order chi connectivity index (χ1) is 6.82. The molecule has 0 aliphatic carbocycles. The Morgan fingerprint density at radius 3 is 2.47 bits per heavy atom. The van der Waals surface area contributed by atoms with E-state index in [2.05, 4.69) is 0 Å². The van der Waals surface area contributed by atoms with Gasteiger partial charge in [-0.25, -0.2) is 12.8 Å². The third-order valence-corrected chi connectivity index (χ3v) is 3.08. The van der Waals surface area contributed by atoms with Crippen LogP contribution in [0.1, 0.15) is 12.5 Å². The third kappa shape index (κ3) is 2.86. The maximum absolute atomic E-state index is 13.3. The number of ketones is 1. The molecule has 0 saturated heterocycles. The van der Waals surface area contributed by atoms with E-state index in [0.29, 0.717) is 0 Å². The second kappa shape index (κ2) is 4.10. The average molecular weight is 230 g/mol. The molecule has 0 amide bonds. The SMILES string of the molecule is CC(=O)Cc1c(F)cccc1S(C)(=O)=O. The van der Waals surface area contributed by atoms with Gasteiger partial charge in [-0.05, 0) is 19.1 Å². The zero-order valence-electron chi connectivity index (χ0n) is 8.45. The minimum absolute atomic E-state index is 0.0486. The smallest absolute Gasteiger partial charge is 0.175 e. The van der Waals surface area contributed by atoms with Crippen molar-refractivity contribution in [1.29, 1.82) is 0 Å². The zero-order valence-corrected chi connectivity index (χ0v) is 9.27. The minimum atomic E-state index is -3.49. The number of carbonyl (C=O) groups is 1. The lowest BCUT2D eigenvalue weighted by Gasteiger charge is -2.06. The fourth-order valence-corrected chi connectivity index (χ4v) is 2.25. The van der Waals surface area contributed by atoms with Crippen molar-refractivity contribution in [3.8, 4) is 0 Å². The predicted molar refractivity (Wildman–Crippen MR) is 53.9 cm³/mol. The Morgan fingerprint density at radius 1 is 1.40 bits per heavy atom. The Balaban J connectivity index is 3.40. The number of benzene rings is 1. The fraction of sp³-hybridized carbons (Fsp3) is 0.300. The van der Waals surface area contributed by atoms with Crippen molar-refractivity contribution in [2.45, 2.75) is 18.2 Å². The molecule has 0 N–H and O–H groups in total. The van der Waals surface area contributed by atoms with Crippen LogP contribution in [0, 0.1) is 5.82 Å². The summed E-state index contributed by atoms with van der Waals surface area (Å²) in [6, 6.07) is 3.76. The standard InChI is InChI=1S/C10H11FO3S/c1-7(12)6-8-9(11)4-3-5-10(8)15(2,13)14/h3-5H,6H2,1-2H3. The Kier molecular flexibility index (Phi) is 3.24. The monoisotopic (exact) mass is 230 g/mol. The molecule has 1 aromatic rings. The van der Waals surface area contributed by atoms with Crippen LogP contribution in [-0.2, 0) is 21.1 Å². The number of hydrogen-bond donors (Lipinski definition) is 0. The molecule has 0 fully saturated rings. The van der Waals surface area contributed by atoms with E-state index in [-0.39, 0.29) is 22.7 Å². The summed E-state index contributed by atoms with van der Waals surface area (Å²) in [7, 11) is -3.49. The Labute approximate surface area is 87.8 Å². The van der Waals surface area contributed by atoms with Crippen LogP contribution in [0.5, 0.6) is 0 Å². The van der Waals surface area contributed by atoms with Crippen LogP contribution in [0.2, 0.25) is 0 Å². The molecular formula is C10H11FO3S. The number of rotatable bonds is 3. The van der Waals surface area contributed by atoms with E-state index in [0.717, 1.165) is 12.3 Å². The first kappa shape index (κ1) is 11.8. The van der Waals surface area contributed by atoms with Gasteiger partial charge in [0, 0.05) is 18.2 Å². The zero-order chi connectivity index (χ0) is 11.6. The van der Waals surface area contributed by atoms with Gasteiger partial charge in [-0.1, -0.05) is 6.07 Å². The third-order valence-electron chi connectivity index (χ3n) is 1.90. The van der Waals surface area contributed by atoms with E-state index in [4.69, 9.17) is 0 Å². The summed E-state index contributed by atoms with van der Waals surface area (Å²) in [6.07, 6.45) is 0.792. The first-order valence-corrected chi connectivity index (χ1v) is 6.18. The van der Waals surface area contributed by atoms with Gasteiger partial charge >= 0.3 is 0 Å². The number of Topliss-reactive ketones (excluding diaryl/α,β-unsaturated/α-hetero) is 1. The molecule has 0 saturated carbocycles. The largest absolute Gasteiger partial charge is 0.300 e. The summed E-state index contributed by atoms with van der Waals surface area (Å²) in [5.74, 6) is -0.932. The molecule has 1 rings (SSSR count). The molecule has 0 radical (unpaired) electrons. The molecular weight excluding hydrogens is 219 g/mol. The average Bonchev–Trinajstić information content (AvgIpc) is 2.05. The summed E-state index contributed by atoms with van der Waals surface area (Å²) < 4.78 is 35.9. The molecule has 1 aromatic carbocycles. The highest BCUT2D eigenvalue weighted by Crippen LogP contribution is 2.19. The maximum atomic E-state index is 13.3. The van der Waals surface area contributed by atoms with Crippen molar-refractivity contribution in [2.75, 3.05) is 6.26 Å². The summed E-state index contributed by atoms with van der Waals surface area (Å²) >= 11 is 0. The number of carbonyl (C=O) groups excluding carboxylic acids is 1. The van der Waals surface area contributed by atoms with E-state index in [9.17, 15) is 17.6 Å². The molecule has 0 bridgehead atoms. The Bertz CT molecular complexity index is 491. The van der Waals surface area contributed by atoms with Gasteiger partial charge in [0.05, 0.1) is 4.90 Å². The molecule has 82 valence electrons. The molecule has 0 aliphatic rings. The lowest BCUT2D eigenvalue weighted by atomic mass is 10.1. The molecule has 15 heavy (non-hydrogen) atoms. The molecule has 0 unspecified atom stereocenters. The van der Waals surface area contributed by atoms with Crippen molar-refractivity contribution < 1.29 is 17.6 Å². The van der Waals surface area contributed by atoms with E-state index >= 15 is 0 Å². The van der Waals surface area contributed by atoms with E-state index in [1.807, 2.05) is 0 Å². The molecule has 0 atom stereocenters. The van der Waals surface area contributed by atoms with E-state index in [1.54, 1.807) is 0 Å². The number of hydrogen-bond acceptors (Lipinski definition) is 3. The molecule has 5 heteroatoms. The number of halogens is 1. The highest BCUT2D eigenvalue weighted by molar-refractivity contribution is 7.90. The second-order valence-corrected chi connectivity index (χ2v) is 5.35. The maximum Gasteiger partial charge on any atom is 0.175 e. The van der Waals surface area contributed by atoms with Gasteiger partial charge in [-0.2, -0.15) is 0 Å². The normalized spacial score (nSPS) is 11.4. The van der Waals surface area contributed by atoms with E-state index in [1.165, 1.54) is 19.1 Å². The second-order valence-electron chi connectivity index (χ2n) is 3.37. The van der Waals surface area contributed by atoms with Crippen molar-refractivity contribution in [3.05, 3.63) is 29.6 Å². The van der Waals surface area contributed by atoms with Gasteiger partial charge in [0.15, 0.2) is 9.84 Å². The summed E-state index contributed by atoms with van der Waals surface area (Å²) in [5.41, 5.74) is -0.0486. The van der Waals surface area contributed by atoms with Crippen LogP contribution in [0.25, 0.3) is 0 Å². The van der Waals surface area contributed by atoms with Crippen LogP contribution >= 0.6 is 0 Å². The van der Waals surface area contributed by atoms with Gasteiger partial charge in [-0.3, -0.25) is 4.79 Å². The molecule has 0 aliphatic heterocycles. The molecule has 0 spiro atoms. The van der Waals surface area contributed by atoms with Crippen LogP contribution in [0.4, 0.5) is 4.39 Å². The summed E-state index contributed by atoms with van der Waals surface area (Å²) in [5, 5.41) is 0. The highest BCUT2D eigenvalue weighted by atomic mass is 32.2. The van der Waals surface area contributed by atoms with Gasteiger partial charge in [0.1, 0.15) is 11.6 Å². The Morgan fingerprint density at radius 2 is 2.00 bits per heavy atom. The van der Waals surface area contributed by atoms with Gasteiger partial charge in [0.25, 0.3) is 0 Å². The van der Waals surface area contributed by atoms with Gasteiger partial charge in [0.2, 0.25) is 0 Å². The van der Waals surface area contributed by atoms with Crippen molar-refractivity contribution in [3.63, 3.8) is 0 Å². The van der Waals surface area contributed by atoms with Gasteiger partial charge in [-0.15, -0.1) is 0 Å². The highest BCUT2D eigenvalue weighted by Gasteiger charge is 2.17. The van der Waals surface area contributed by atoms with Crippen molar-refractivity contribution in [2.24, 2.45) is 0 Å². The lowest BCUT2D eigenvalue weighted by molar-refractivity contribution is -0.116. The fourth-order valence-electron chi connectivity index (χ4n) is 1.31. The Hall–Kier alpha value is -1.23. The molecule has 0 heterocycles. The topological polar surface area (TPSA) is 51.2 Å². The first-order valence-electron chi connectivity index (χ1n) is 4.29. The van der Waals surface area contributed by atoms with Crippen LogP contribution < -0.4 is 0 Å². The summed E-state index contributed by atoms with van der Waals surface area (Å²) in [4.78, 5) is 10.8. The minimum Gasteiger partial charge on any atom is -0.300 e. The molecule has 3 nitrogen and oxygen atoms in total. The predicted octanol–water partition coefficient (Wildman–Crippen LogP) is 1.36. The molecule has 0 aromatic heterocycles. The van der Waals surface area contributed by atoms with Crippen LogP contribution in [0.3, 0.4) is 0 Å².